The van der Waals surface area contributed by atoms with Crippen LogP contribution in [0.25, 0.3) is 0 Å². The van der Waals surface area contributed by atoms with Crippen LogP contribution >= 0.6 is 0 Å². The lowest BCUT2D eigenvalue weighted by Crippen LogP contribution is -2.53. The van der Waals surface area contributed by atoms with Gasteiger partial charge in [-0.2, -0.15) is 0 Å². The van der Waals surface area contributed by atoms with Crippen molar-refractivity contribution < 1.29 is 14.3 Å². The van der Waals surface area contributed by atoms with E-state index in [2.05, 4.69) is 5.32 Å². The van der Waals surface area contributed by atoms with Crippen molar-refractivity contribution in [1.29, 1.82) is 0 Å². The van der Waals surface area contributed by atoms with Gasteiger partial charge in [0.05, 0.1) is 19.3 Å². The lowest BCUT2D eigenvalue weighted by atomic mass is 9.95. The summed E-state index contributed by atoms with van der Waals surface area (Å²) in [4.78, 5) is 11.5. The monoisotopic (exact) mass is 280 g/mol. The van der Waals surface area contributed by atoms with Crippen LogP contribution in [0.2, 0.25) is 0 Å². The molecule has 0 spiro atoms. The summed E-state index contributed by atoms with van der Waals surface area (Å²) in [5.41, 5.74) is 4.76. The number of carbonyl (C=O) groups excluding carboxylic acids is 1. The van der Waals surface area contributed by atoms with E-state index in [9.17, 15) is 4.79 Å². The van der Waals surface area contributed by atoms with Crippen LogP contribution < -0.4 is 20.5 Å². The Labute approximate surface area is 120 Å². The molecule has 0 aliphatic heterocycles. The predicted octanol–water partition coefficient (Wildman–Crippen LogP) is 1.71. The molecule has 0 aromatic heterocycles. The first-order valence-corrected chi connectivity index (χ1v) is 6.83. The van der Waals surface area contributed by atoms with E-state index in [4.69, 9.17) is 15.2 Å². The van der Waals surface area contributed by atoms with Crippen LogP contribution in [0.5, 0.6) is 11.5 Å². The molecule has 0 aliphatic rings. The highest BCUT2D eigenvalue weighted by Gasteiger charge is 2.28. The highest BCUT2D eigenvalue weighted by molar-refractivity contribution is 5.84. The molecule has 0 radical (unpaired) electrons. The zero-order valence-corrected chi connectivity index (χ0v) is 12.4. The Hall–Kier alpha value is -1.75. The molecule has 1 amide bonds. The minimum atomic E-state index is -0.669. The number of nitrogens with one attached hydrogen (secondary N) is 1. The van der Waals surface area contributed by atoms with Crippen molar-refractivity contribution in [2.24, 2.45) is 5.73 Å². The van der Waals surface area contributed by atoms with Gasteiger partial charge >= 0.3 is 0 Å². The van der Waals surface area contributed by atoms with Crippen molar-refractivity contribution in [2.45, 2.75) is 32.2 Å². The van der Waals surface area contributed by atoms with Crippen molar-refractivity contribution >= 4 is 5.91 Å². The van der Waals surface area contributed by atoms with Gasteiger partial charge in [0.15, 0.2) is 0 Å². The standard InChI is InChI=1S/C15H24N2O3/c1-4-17-15(2,14(16)18)10-5-11-20-13-8-6-12(19-3)7-9-13/h6-9,17H,4-5,10-11H2,1-3H3,(H2,16,18). The van der Waals surface area contributed by atoms with E-state index in [1.54, 1.807) is 7.11 Å². The molecule has 0 bridgehead atoms. The largest absolute Gasteiger partial charge is 0.497 e. The number of nitrogens with two attached hydrogens (primary N) is 1. The summed E-state index contributed by atoms with van der Waals surface area (Å²) in [6.45, 7) is 5.03. The number of rotatable bonds is 9. The van der Waals surface area contributed by atoms with Gasteiger partial charge in [-0.25, -0.2) is 0 Å². The Morgan fingerprint density at radius 1 is 1.30 bits per heavy atom. The molecule has 0 saturated heterocycles. The zero-order chi connectivity index (χ0) is 15.0. The molecule has 20 heavy (non-hydrogen) atoms. The molecule has 5 nitrogen and oxygen atoms in total. The lowest BCUT2D eigenvalue weighted by molar-refractivity contribution is -0.124. The molecule has 1 atom stereocenters. The van der Waals surface area contributed by atoms with Crippen LogP contribution in [0, 0.1) is 0 Å². The van der Waals surface area contributed by atoms with E-state index < -0.39 is 5.54 Å². The van der Waals surface area contributed by atoms with Gasteiger partial charge < -0.3 is 20.5 Å². The first kappa shape index (κ1) is 16.3. The van der Waals surface area contributed by atoms with E-state index in [1.165, 1.54) is 0 Å². The lowest BCUT2D eigenvalue weighted by Gasteiger charge is -2.26. The van der Waals surface area contributed by atoms with E-state index in [0.29, 0.717) is 19.6 Å². The highest BCUT2D eigenvalue weighted by atomic mass is 16.5. The molecule has 0 heterocycles. The van der Waals surface area contributed by atoms with Gasteiger partial charge in [-0.15, -0.1) is 0 Å². The number of amides is 1. The molecule has 0 fully saturated rings. The molecule has 3 N–H and O–H groups in total. The van der Waals surface area contributed by atoms with E-state index >= 15 is 0 Å². The maximum absolute atomic E-state index is 11.5. The number of primary amides is 1. The number of methoxy groups -OCH3 is 1. The summed E-state index contributed by atoms with van der Waals surface area (Å²) in [5, 5.41) is 3.13. The molecule has 1 unspecified atom stereocenters. The van der Waals surface area contributed by atoms with Crippen LogP contribution in [-0.4, -0.2) is 31.7 Å². The fourth-order valence-electron chi connectivity index (χ4n) is 1.98. The summed E-state index contributed by atoms with van der Waals surface area (Å²) in [5.74, 6) is 1.25. The van der Waals surface area contributed by atoms with E-state index in [1.807, 2.05) is 38.1 Å². The summed E-state index contributed by atoms with van der Waals surface area (Å²) in [7, 11) is 1.63. The van der Waals surface area contributed by atoms with Gasteiger partial charge in [0.25, 0.3) is 0 Å². The molecular weight excluding hydrogens is 256 g/mol. The third kappa shape index (κ3) is 4.74. The fourth-order valence-corrected chi connectivity index (χ4v) is 1.98. The second-order valence-electron chi connectivity index (χ2n) is 4.85. The average Bonchev–Trinajstić information content (AvgIpc) is 2.44. The quantitative estimate of drug-likeness (QED) is 0.675. The van der Waals surface area contributed by atoms with Crippen molar-refractivity contribution in [3.05, 3.63) is 24.3 Å². The van der Waals surface area contributed by atoms with Crippen molar-refractivity contribution in [3.63, 3.8) is 0 Å². The van der Waals surface area contributed by atoms with Crippen LogP contribution in [0.15, 0.2) is 24.3 Å². The Bertz CT molecular complexity index is 420. The number of hydrogen-bond donors (Lipinski definition) is 2. The van der Waals surface area contributed by atoms with Crippen LogP contribution in [0.4, 0.5) is 0 Å². The average molecular weight is 280 g/mol. The summed E-state index contributed by atoms with van der Waals surface area (Å²) < 4.78 is 10.7. The Morgan fingerprint density at radius 3 is 2.40 bits per heavy atom. The van der Waals surface area contributed by atoms with Crippen LogP contribution in [0.1, 0.15) is 26.7 Å². The summed E-state index contributed by atoms with van der Waals surface area (Å²) >= 11 is 0. The Kier molecular flexibility index (Phi) is 6.31. The molecular formula is C15H24N2O3. The second-order valence-corrected chi connectivity index (χ2v) is 4.85. The van der Waals surface area contributed by atoms with E-state index in [-0.39, 0.29) is 5.91 Å². The number of ether oxygens (including phenoxy) is 2. The van der Waals surface area contributed by atoms with Gasteiger partial charge in [0, 0.05) is 0 Å². The molecule has 5 heteroatoms. The number of hydrogen-bond acceptors (Lipinski definition) is 4. The van der Waals surface area contributed by atoms with Crippen molar-refractivity contribution in [2.75, 3.05) is 20.3 Å². The maximum Gasteiger partial charge on any atom is 0.237 e. The molecule has 1 rings (SSSR count). The number of likely N-dealkylation sites (N-methyl/N-ethyl adjacent to an activating group) is 1. The molecule has 1 aromatic rings. The van der Waals surface area contributed by atoms with Gasteiger partial charge in [0.2, 0.25) is 5.91 Å². The molecule has 1 aromatic carbocycles. The normalized spacial score (nSPS) is 13.6. The van der Waals surface area contributed by atoms with Gasteiger partial charge in [-0.3, -0.25) is 4.79 Å². The fraction of sp³-hybridized carbons (Fsp3) is 0.533. The van der Waals surface area contributed by atoms with Crippen LogP contribution in [-0.2, 0) is 4.79 Å². The topological polar surface area (TPSA) is 73.6 Å². The third-order valence-electron chi connectivity index (χ3n) is 3.26. The minimum absolute atomic E-state index is 0.330. The second kappa shape index (κ2) is 7.75. The number of benzene rings is 1. The summed E-state index contributed by atoms with van der Waals surface area (Å²) in [6, 6.07) is 7.41. The van der Waals surface area contributed by atoms with Crippen molar-refractivity contribution in [1.82, 2.24) is 5.32 Å². The SMILES string of the molecule is CCNC(C)(CCCOc1ccc(OC)cc1)C(N)=O. The minimum Gasteiger partial charge on any atom is -0.497 e. The third-order valence-corrected chi connectivity index (χ3v) is 3.26. The molecule has 0 saturated carbocycles. The predicted molar refractivity (Wildman–Crippen MR) is 79.0 cm³/mol. The number of carbonyl (C=O) groups is 1. The Balaban J connectivity index is 2.37. The first-order valence-electron chi connectivity index (χ1n) is 6.83. The zero-order valence-electron chi connectivity index (χ0n) is 12.4. The Morgan fingerprint density at radius 2 is 1.90 bits per heavy atom. The van der Waals surface area contributed by atoms with Gasteiger partial charge in [0.1, 0.15) is 11.5 Å². The van der Waals surface area contributed by atoms with Crippen LogP contribution in [0.3, 0.4) is 0 Å². The molecule has 112 valence electrons. The summed E-state index contributed by atoms with van der Waals surface area (Å²) in [6.07, 6.45) is 1.39. The first-order chi connectivity index (χ1) is 9.51. The van der Waals surface area contributed by atoms with Gasteiger partial charge in [-0.05, 0) is 50.6 Å². The van der Waals surface area contributed by atoms with Crippen molar-refractivity contribution in [3.8, 4) is 11.5 Å². The maximum atomic E-state index is 11.5. The smallest absolute Gasteiger partial charge is 0.237 e. The highest BCUT2D eigenvalue weighted by Crippen LogP contribution is 2.18. The van der Waals surface area contributed by atoms with Gasteiger partial charge in [-0.1, -0.05) is 6.92 Å². The van der Waals surface area contributed by atoms with E-state index in [0.717, 1.165) is 17.9 Å². The molecule has 0 aliphatic carbocycles.